The Bertz CT molecular complexity index is 1130. The van der Waals surface area contributed by atoms with Crippen LogP contribution in [0.3, 0.4) is 0 Å². The van der Waals surface area contributed by atoms with Gasteiger partial charge in [-0.15, -0.1) is 24.0 Å². The molecule has 0 atom stereocenters. The van der Waals surface area contributed by atoms with Crippen LogP contribution >= 0.6 is 24.0 Å². The third-order valence-electron chi connectivity index (χ3n) is 4.88. The van der Waals surface area contributed by atoms with Crippen LogP contribution in [0.15, 0.2) is 58.4 Å². The number of nitrogens with two attached hydrogens (primary N) is 1. The van der Waals surface area contributed by atoms with Gasteiger partial charge in [0.15, 0.2) is 5.96 Å². The Labute approximate surface area is 200 Å². The Morgan fingerprint density at radius 3 is 2.45 bits per heavy atom. The van der Waals surface area contributed by atoms with Gasteiger partial charge in [0.1, 0.15) is 5.82 Å². The first-order valence-corrected chi connectivity index (χ1v) is 11.4. The molecule has 1 aromatic heterocycles. The van der Waals surface area contributed by atoms with Crippen LogP contribution < -0.4 is 15.8 Å². The molecule has 0 fully saturated rings. The number of primary sulfonamides is 1. The molecule has 3 rings (SSSR count). The van der Waals surface area contributed by atoms with Crippen molar-refractivity contribution < 1.29 is 8.42 Å². The lowest BCUT2D eigenvalue weighted by Crippen LogP contribution is -2.39. The fourth-order valence-electron chi connectivity index (χ4n) is 3.31. The lowest BCUT2D eigenvalue weighted by atomic mass is 10.1. The minimum Gasteiger partial charge on any atom is -0.356 e. The summed E-state index contributed by atoms with van der Waals surface area (Å²) in [7, 11) is -1.91. The fourth-order valence-corrected chi connectivity index (χ4v) is 3.83. The van der Waals surface area contributed by atoms with Crippen LogP contribution in [0.1, 0.15) is 17.8 Å². The van der Waals surface area contributed by atoms with Crippen molar-refractivity contribution in [2.24, 2.45) is 10.1 Å². The highest BCUT2D eigenvalue weighted by molar-refractivity contribution is 14.0. The average molecular weight is 556 g/mol. The molecule has 8 nitrogen and oxygen atoms in total. The van der Waals surface area contributed by atoms with Crippen LogP contribution in [0.5, 0.6) is 0 Å². The number of aliphatic imine (C=N–C) groups is 1. The third kappa shape index (κ3) is 6.91. The standard InChI is InChI=1S/C21H28N6O2S.HI/c1-16-26-19-6-3-4-7-20(19)27(16)15-5-13-24-21(23-2)25-14-12-17-8-10-18(11-9-17)30(22,28)29;/h3-4,6-11H,5,12-15H2,1-2H3,(H2,22,28,29)(H2,23,24,25);1H. The normalized spacial score (nSPS) is 11.9. The lowest BCUT2D eigenvalue weighted by molar-refractivity contribution is 0.598. The molecule has 1 heterocycles. The van der Waals surface area contributed by atoms with Crippen molar-refractivity contribution in [1.29, 1.82) is 0 Å². The summed E-state index contributed by atoms with van der Waals surface area (Å²) >= 11 is 0. The quantitative estimate of drug-likeness (QED) is 0.171. The van der Waals surface area contributed by atoms with Gasteiger partial charge in [0, 0.05) is 26.7 Å². The van der Waals surface area contributed by atoms with Gasteiger partial charge < -0.3 is 15.2 Å². The summed E-state index contributed by atoms with van der Waals surface area (Å²) < 4.78 is 24.8. The van der Waals surface area contributed by atoms with Crippen molar-refractivity contribution in [1.82, 2.24) is 20.2 Å². The van der Waals surface area contributed by atoms with E-state index in [2.05, 4.69) is 31.2 Å². The number of halogens is 1. The third-order valence-corrected chi connectivity index (χ3v) is 5.81. The monoisotopic (exact) mass is 556 g/mol. The van der Waals surface area contributed by atoms with Crippen LogP contribution in [0.2, 0.25) is 0 Å². The van der Waals surface area contributed by atoms with Crippen LogP contribution in [-0.2, 0) is 23.0 Å². The highest BCUT2D eigenvalue weighted by atomic mass is 127. The topological polar surface area (TPSA) is 114 Å². The summed E-state index contributed by atoms with van der Waals surface area (Å²) in [6, 6.07) is 14.8. The Morgan fingerprint density at radius 1 is 1.10 bits per heavy atom. The molecule has 0 saturated carbocycles. The molecule has 0 aliphatic rings. The molecule has 0 radical (unpaired) electrons. The van der Waals surface area contributed by atoms with Crippen LogP contribution in [0.4, 0.5) is 0 Å². The second kappa shape index (κ2) is 11.4. The molecular formula is C21H29IN6O2S. The smallest absolute Gasteiger partial charge is 0.238 e. The van der Waals surface area contributed by atoms with E-state index in [0.717, 1.165) is 54.3 Å². The number of fused-ring (bicyclic) bond motifs is 1. The van der Waals surface area contributed by atoms with Gasteiger partial charge in [0.2, 0.25) is 10.0 Å². The van der Waals surface area contributed by atoms with Crippen LogP contribution in [0.25, 0.3) is 11.0 Å². The maximum Gasteiger partial charge on any atom is 0.238 e. The molecule has 0 aliphatic heterocycles. The van der Waals surface area contributed by atoms with Crippen molar-refractivity contribution >= 4 is 51.0 Å². The highest BCUT2D eigenvalue weighted by Gasteiger charge is 2.07. The van der Waals surface area contributed by atoms with E-state index in [1.54, 1.807) is 19.2 Å². The number of aromatic nitrogens is 2. The van der Waals surface area contributed by atoms with Crippen molar-refractivity contribution in [3.05, 3.63) is 59.9 Å². The van der Waals surface area contributed by atoms with E-state index < -0.39 is 10.0 Å². The van der Waals surface area contributed by atoms with E-state index in [0.29, 0.717) is 6.54 Å². The SMILES string of the molecule is CN=C(NCCCn1c(C)nc2ccccc21)NCCc1ccc(S(N)(=O)=O)cc1.I. The summed E-state index contributed by atoms with van der Waals surface area (Å²) in [4.78, 5) is 8.97. The minimum atomic E-state index is -3.65. The highest BCUT2D eigenvalue weighted by Crippen LogP contribution is 2.15. The molecular weight excluding hydrogens is 527 g/mol. The molecule has 10 heteroatoms. The Hall–Kier alpha value is -2.18. The Balaban J connectivity index is 0.00000341. The van der Waals surface area contributed by atoms with E-state index in [-0.39, 0.29) is 28.9 Å². The van der Waals surface area contributed by atoms with Gasteiger partial charge in [-0.2, -0.15) is 0 Å². The van der Waals surface area contributed by atoms with E-state index >= 15 is 0 Å². The number of nitrogens with one attached hydrogen (secondary N) is 2. The molecule has 3 aromatic rings. The number of imidazole rings is 1. The molecule has 168 valence electrons. The first-order valence-electron chi connectivity index (χ1n) is 9.86. The van der Waals surface area contributed by atoms with Crippen LogP contribution in [-0.4, -0.2) is 44.1 Å². The number of para-hydroxylation sites is 2. The average Bonchev–Trinajstić information content (AvgIpc) is 3.04. The van der Waals surface area contributed by atoms with Gasteiger partial charge >= 0.3 is 0 Å². The molecule has 0 spiro atoms. The van der Waals surface area contributed by atoms with Crippen molar-refractivity contribution in [3.63, 3.8) is 0 Å². The Morgan fingerprint density at radius 2 is 1.77 bits per heavy atom. The fraction of sp³-hybridized carbons (Fsp3) is 0.333. The Kier molecular flexibility index (Phi) is 9.26. The van der Waals surface area contributed by atoms with E-state index in [1.807, 2.05) is 25.1 Å². The number of benzene rings is 2. The predicted molar refractivity (Wildman–Crippen MR) is 135 cm³/mol. The second-order valence-electron chi connectivity index (χ2n) is 7.02. The zero-order valence-electron chi connectivity index (χ0n) is 17.7. The van der Waals surface area contributed by atoms with Gasteiger partial charge in [0.25, 0.3) is 0 Å². The summed E-state index contributed by atoms with van der Waals surface area (Å²) in [5.74, 6) is 1.76. The maximum absolute atomic E-state index is 11.3. The van der Waals surface area contributed by atoms with E-state index in [1.165, 1.54) is 12.1 Å². The van der Waals surface area contributed by atoms with E-state index in [4.69, 9.17) is 5.14 Å². The zero-order chi connectivity index (χ0) is 21.6. The molecule has 0 bridgehead atoms. The van der Waals surface area contributed by atoms with Crippen LogP contribution in [0, 0.1) is 6.92 Å². The number of hydrogen-bond acceptors (Lipinski definition) is 4. The van der Waals surface area contributed by atoms with Gasteiger partial charge in [-0.05, 0) is 49.6 Å². The number of guanidine groups is 1. The molecule has 2 aromatic carbocycles. The molecule has 31 heavy (non-hydrogen) atoms. The summed E-state index contributed by atoms with van der Waals surface area (Å²) in [6.07, 6.45) is 1.68. The van der Waals surface area contributed by atoms with Gasteiger partial charge in [-0.3, -0.25) is 4.99 Å². The zero-order valence-corrected chi connectivity index (χ0v) is 20.9. The van der Waals surface area contributed by atoms with Gasteiger partial charge in [-0.1, -0.05) is 24.3 Å². The number of aryl methyl sites for hydroxylation is 2. The number of rotatable bonds is 8. The van der Waals surface area contributed by atoms with Gasteiger partial charge in [0.05, 0.1) is 15.9 Å². The van der Waals surface area contributed by atoms with E-state index in [9.17, 15) is 8.42 Å². The molecule has 0 aliphatic carbocycles. The first-order chi connectivity index (χ1) is 14.4. The largest absolute Gasteiger partial charge is 0.356 e. The summed E-state index contributed by atoms with van der Waals surface area (Å²) in [5, 5.41) is 11.7. The molecule has 0 unspecified atom stereocenters. The lowest BCUT2D eigenvalue weighted by Gasteiger charge is -2.13. The van der Waals surface area contributed by atoms with Crippen molar-refractivity contribution in [2.45, 2.75) is 31.2 Å². The maximum atomic E-state index is 11.3. The van der Waals surface area contributed by atoms with Gasteiger partial charge in [-0.25, -0.2) is 18.5 Å². The molecule has 0 saturated heterocycles. The number of hydrogen-bond donors (Lipinski definition) is 3. The number of sulfonamides is 1. The summed E-state index contributed by atoms with van der Waals surface area (Å²) in [5.41, 5.74) is 3.20. The summed E-state index contributed by atoms with van der Waals surface area (Å²) in [6.45, 7) is 4.38. The predicted octanol–water partition coefficient (Wildman–Crippen LogP) is 2.41. The van der Waals surface area contributed by atoms with Crippen molar-refractivity contribution in [3.8, 4) is 0 Å². The minimum absolute atomic E-state index is 0. The van der Waals surface area contributed by atoms with Crippen molar-refractivity contribution in [2.75, 3.05) is 20.1 Å². The first kappa shape index (κ1) is 25.1. The molecule has 0 amide bonds. The number of nitrogens with zero attached hydrogens (tertiary/aromatic N) is 3. The molecule has 4 N–H and O–H groups in total. The second-order valence-corrected chi connectivity index (χ2v) is 8.58.